The molecule has 0 heterocycles. The Bertz CT molecular complexity index is 666. The maximum Gasteiger partial charge on any atom is 0.155 e. The third kappa shape index (κ3) is 5.57. The molecular formula is C22H36O2S. The lowest BCUT2D eigenvalue weighted by molar-refractivity contribution is 0.552. The maximum absolute atomic E-state index is 12.1. The lowest BCUT2D eigenvalue weighted by Gasteiger charge is -2.21. The summed E-state index contributed by atoms with van der Waals surface area (Å²) < 4.78 is 23.6. The van der Waals surface area contributed by atoms with Crippen LogP contribution >= 0.6 is 0 Å². The van der Waals surface area contributed by atoms with Crippen molar-refractivity contribution in [3.63, 3.8) is 0 Å². The van der Waals surface area contributed by atoms with Gasteiger partial charge in [0.05, 0.1) is 10.5 Å². The number of fused-ring (bicyclic) bond motifs is 1. The third-order valence-corrected chi connectivity index (χ3v) is 8.35. The Kier molecular flexibility index (Phi) is 7.13. The van der Waals surface area contributed by atoms with Gasteiger partial charge in [0.25, 0.3) is 0 Å². The molecule has 1 aliphatic carbocycles. The Hall–Kier alpha value is -0.830. The molecule has 0 fully saturated rings. The first-order chi connectivity index (χ1) is 11.7. The quantitative estimate of drug-likeness (QED) is 0.564. The van der Waals surface area contributed by atoms with Crippen molar-refractivity contribution < 1.29 is 8.42 Å². The van der Waals surface area contributed by atoms with Crippen molar-refractivity contribution in [1.82, 2.24) is 0 Å². The molecule has 0 amide bonds. The molecule has 0 aliphatic heterocycles. The van der Waals surface area contributed by atoms with Crippen LogP contribution in [0.2, 0.25) is 0 Å². The van der Waals surface area contributed by atoms with E-state index in [0.29, 0.717) is 5.75 Å². The van der Waals surface area contributed by atoms with E-state index in [4.69, 9.17) is 0 Å². The molecule has 2 rings (SSSR count). The molecule has 3 heteroatoms. The van der Waals surface area contributed by atoms with Crippen LogP contribution in [-0.2, 0) is 29.1 Å². The Balaban J connectivity index is 1.71. The molecule has 2 nitrogen and oxygen atoms in total. The molecule has 0 saturated carbocycles. The highest BCUT2D eigenvalue weighted by Crippen LogP contribution is 2.28. The minimum atomic E-state index is -2.95. The maximum atomic E-state index is 12.1. The highest BCUT2D eigenvalue weighted by atomic mass is 32.2. The van der Waals surface area contributed by atoms with E-state index in [1.165, 1.54) is 50.5 Å². The van der Waals surface area contributed by atoms with Gasteiger partial charge in [-0.25, -0.2) is 8.42 Å². The summed E-state index contributed by atoms with van der Waals surface area (Å²) in [6, 6.07) is 4.65. The minimum absolute atomic E-state index is 0.335. The summed E-state index contributed by atoms with van der Waals surface area (Å²) in [5.41, 5.74) is 6.30. The van der Waals surface area contributed by atoms with Crippen LogP contribution < -0.4 is 0 Å². The standard InChI is InChI=1S/C22H36O2S/c1-18-15-16-19(21-14-10-9-13-20(18)21)12-8-6-5-7-11-17-25(23,24)22(2,3)4/h15-16H,5-14,17H2,1-4H3. The van der Waals surface area contributed by atoms with E-state index in [2.05, 4.69) is 19.1 Å². The van der Waals surface area contributed by atoms with E-state index in [1.54, 1.807) is 37.5 Å². The predicted molar refractivity (Wildman–Crippen MR) is 108 cm³/mol. The van der Waals surface area contributed by atoms with Crippen molar-refractivity contribution in [3.8, 4) is 0 Å². The van der Waals surface area contributed by atoms with E-state index >= 15 is 0 Å². The van der Waals surface area contributed by atoms with Gasteiger partial charge in [-0.3, -0.25) is 0 Å². The molecule has 0 atom stereocenters. The van der Waals surface area contributed by atoms with Crippen LogP contribution in [-0.4, -0.2) is 18.9 Å². The van der Waals surface area contributed by atoms with Gasteiger partial charge in [0, 0.05) is 0 Å². The zero-order valence-electron chi connectivity index (χ0n) is 16.7. The Morgan fingerprint density at radius 2 is 1.48 bits per heavy atom. The van der Waals surface area contributed by atoms with Gasteiger partial charge < -0.3 is 0 Å². The largest absolute Gasteiger partial charge is 0.228 e. The normalized spacial score (nSPS) is 15.2. The Morgan fingerprint density at radius 3 is 2.16 bits per heavy atom. The van der Waals surface area contributed by atoms with Crippen LogP contribution in [0.25, 0.3) is 0 Å². The molecule has 1 aliphatic rings. The molecule has 0 radical (unpaired) electrons. The number of unbranched alkanes of at least 4 members (excludes halogenated alkanes) is 4. The topological polar surface area (TPSA) is 34.1 Å². The van der Waals surface area contributed by atoms with Gasteiger partial charge >= 0.3 is 0 Å². The molecule has 0 bridgehead atoms. The molecular weight excluding hydrogens is 328 g/mol. The van der Waals surface area contributed by atoms with Gasteiger partial charge in [-0.15, -0.1) is 0 Å². The van der Waals surface area contributed by atoms with Gasteiger partial charge in [-0.2, -0.15) is 0 Å². The first kappa shape index (κ1) is 20.5. The fraction of sp³-hybridized carbons (Fsp3) is 0.727. The zero-order chi connectivity index (χ0) is 18.5. The number of sulfone groups is 1. The number of hydrogen-bond donors (Lipinski definition) is 0. The molecule has 142 valence electrons. The van der Waals surface area contributed by atoms with Crippen LogP contribution in [0.5, 0.6) is 0 Å². The summed E-state index contributed by atoms with van der Waals surface area (Å²) in [4.78, 5) is 0. The highest BCUT2D eigenvalue weighted by Gasteiger charge is 2.27. The van der Waals surface area contributed by atoms with Crippen LogP contribution in [0.4, 0.5) is 0 Å². The molecule has 0 aromatic heterocycles. The zero-order valence-corrected chi connectivity index (χ0v) is 17.5. The molecule has 0 spiro atoms. The third-order valence-electron chi connectivity index (χ3n) is 5.66. The van der Waals surface area contributed by atoms with Crippen LogP contribution in [0.3, 0.4) is 0 Å². The first-order valence-corrected chi connectivity index (χ1v) is 11.7. The fourth-order valence-electron chi connectivity index (χ4n) is 3.80. The van der Waals surface area contributed by atoms with Crippen molar-refractivity contribution in [2.45, 2.75) is 96.7 Å². The average Bonchev–Trinajstić information content (AvgIpc) is 2.55. The van der Waals surface area contributed by atoms with E-state index in [1.807, 2.05) is 0 Å². The van der Waals surface area contributed by atoms with Crippen molar-refractivity contribution in [3.05, 3.63) is 34.4 Å². The van der Waals surface area contributed by atoms with Crippen LogP contribution in [0, 0.1) is 6.92 Å². The van der Waals surface area contributed by atoms with Crippen molar-refractivity contribution in [2.75, 3.05) is 5.75 Å². The molecule has 25 heavy (non-hydrogen) atoms. The van der Waals surface area contributed by atoms with Gasteiger partial charge in [0.1, 0.15) is 0 Å². The fourth-order valence-corrected chi connectivity index (χ4v) is 5.00. The van der Waals surface area contributed by atoms with Gasteiger partial charge in [-0.1, -0.05) is 31.4 Å². The molecule has 1 aromatic rings. The minimum Gasteiger partial charge on any atom is -0.228 e. The second kappa shape index (κ2) is 8.70. The number of benzene rings is 1. The Morgan fingerprint density at radius 1 is 0.880 bits per heavy atom. The SMILES string of the molecule is Cc1ccc(CCCCCCCS(=O)(=O)C(C)(C)C)c2c1CCCC2. The number of hydrogen-bond acceptors (Lipinski definition) is 2. The monoisotopic (exact) mass is 364 g/mol. The summed E-state index contributed by atoms with van der Waals surface area (Å²) in [5.74, 6) is 0.335. The lowest BCUT2D eigenvalue weighted by Crippen LogP contribution is -2.30. The molecule has 0 N–H and O–H groups in total. The summed E-state index contributed by atoms with van der Waals surface area (Å²) in [6.45, 7) is 7.64. The van der Waals surface area contributed by atoms with Gasteiger partial charge in [-0.05, 0) is 94.9 Å². The molecule has 1 aromatic carbocycles. The van der Waals surface area contributed by atoms with Crippen molar-refractivity contribution >= 4 is 9.84 Å². The Labute approximate surface area is 155 Å². The van der Waals surface area contributed by atoms with Gasteiger partial charge in [0.15, 0.2) is 9.84 Å². The molecule has 0 unspecified atom stereocenters. The number of rotatable bonds is 8. The van der Waals surface area contributed by atoms with E-state index < -0.39 is 14.6 Å². The smallest absolute Gasteiger partial charge is 0.155 e. The van der Waals surface area contributed by atoms with Crippen LogP contribution in [0.15, 0.2) is 12.1 Å². The summed E-state index contributed by atoms with van der Waals surface area (Å²) in [5, 5.41) is 0. The van der Waals surface area contributed by atoms with Crippen molar-refractivity contribution in [2.24, 2.45) is 0 Å². The van der Waals surface area contributed by atoms with Gasteiger partial charge in [0.2, 0.25) is 0 Å². The first-order valence-electron chi connectivity index (χ1n) is 10.0. The predicted octanol–water partition coefficient (Wildman–Crippen LogP) is 5.58. The second-order valence-electron chi connectivity index (χ2n) is 8.65. The van der Waals surface area contributed by atoms with E-state index in [0.717, 1.165) is 19.3 Å². The lowest BCUT2D eigenvalue weighted by atomic mass is 9.84. The highest BCUT2D eigenvalue weighted by molar-refractivity contribution is 7.92. The second-order valence-corrected chi connectivity index (χ2v) is 11.5. The summed E-state index contributed by atoms with van der Waals surface area (Å²) in [7, 11) is -2.95. The van der Waals surface area contributed by atoms with Crippen molar-refractivity contribution in [1.29, 1.82) is 0 Å². The summed E-state index contributed by atoms with van der Waals surface area (Å²) >= 11 is 0. The van der Waals surface area contributed by atoms with E-state index in [9.17, 15) is 8.42 Å². The van der Waals surface area contributed by atoms with E-state index in [-0.39, 0.29) is 0 Å². The number of aryl methyl sites for hydroxylation is 2. The summed E-state index contributed by atoms with van der Waals surface area (Å²) in [6.07, 6.45) is 11.8. The van der Waals surface area contributed by atoms with Crippen LogP contribution in [0.1, 0.15) is 88.0 Å². The average molecular weight is 365 g/mol. The molecule has 0 saturated heterocycles.